The highest BCUT2D eigenvalue weighted by Crippen LogP contribution is 2.19. The maximum atomic E-state index is 10.9. The zero-order valence-electron chi connectivity index (χ0n) is 8.64. The number of aliphatic hydroxyl groups excluding tert-OH is 1. The first kappa shape index (κ1) is 11.5. The van der Waals surface area contributed by atoms with Crippen molar-refractivity contribution < 1.29 is 19.4 Å². The molecule has 1 aromatic heterocycles. The van der Waals surface area contributed by atoms with E-state index in [4.69, 9.17) is 4.74 Å². The largest absolute Gasteiger partial charge is 0.497 e. The van der Waals surface area contributed by atoms with Crippen LogP contribution >= 0.6 is 0 Å². The van der Waals surface area contributed by atoms with E-state index in [1.54, 1.807) is 12.1 Å². The molecule has 1 rings (SSSR count). The molecule has 0 aromatic carbocycles. The summed E-state index contributed by atoms with van der Waals surface area (Å²) in [6, 6.07) is 3.24. The Morgan fingerprint density at radius 2 is 2.33 bits per heavy atom. The molecule has 1 atom stereocenters. The normalized spacial score (nSPS) is 11.9. The fraction of sp³-hybridized carbons (Fsp3) is 0.400. The highest BCUT2D eigenvalue weighted by molar-refractivity contribution is 5.69. The third-order valence-electron chi connectivity index (χ3n) is 1.92. The van der Waals surface area contributed by atoms with Crippen LogP contribution in [-0.4, -0.2) is 30.3 Å². The van der Waals surface area contributed by atoms with Crippen molar-refractivity contribution in [3.05, 3.63) is 24.0 Å². The van der Waals surface area contributed by atoms with E-state index in [0.29, 0.717) is 11.4 Å². The molecule has 1 N–H and O–H groups in total. The Kier molecular flexibility index (Phi) is 4.05. The van der Waals surface area contributed by atoms with Crippen LogP contribution in [0.4, 0.5) is 0 Å². The fourth-order valence-electron chi connectivity index (χ4n) is 1.08. The smallest absolute Gasteiger partial charge is 0.308 e. The molecule has 0 saturated heterocycles. The molecule has 1 aromatic rings. The summed E-state index contributed by atoms with van der Waals surface area (Å²) in [6.45, 7) is 0. The van der Waals surface area contributed by atoms with Crippen LogP contribution in [0.3, 0.4) is 0 Å². The molecule has 0 unspecified atom stereocenters. The maximum absolute atomic E-state index is 10.9. The van der Waals surface area contributed by atoms with Gasteiger partial charge in [-0.15, -0.1) is 0 Å². The van der Waals surface area contributed by atoms with Crippen molar-refractivity contribution in [1.29, 1.82) is 0 Å². The van der Waals surface area contributed by atoms with Crippen LogP contribution in [0.1, 0.15) is 18.2 Å². The van der Waals surface area contributed by atoms with Crippen molar-refractivity contribution in [2.45, 2.75) is 12.5 Å². The van der Waals surface area contributed by atoms with Crippen LogP contribution < -0.4 is 4.74 Å². The van der Waals surface area contributed by atoms with E-state index in [1.807, 2.05) is 0 Å². The van der Waals surface area contributed by atoms with Crippen molar-refractivity contribution in [2.75, 3.05) is 14.2 Å². The van der Waals surface area contributed by atoms with E-state index in [1.165, 1.54) is 20.4 Å². The molecule has 15 heavy (non-hydrogen) atoms. The van der Waals surface area contributed by atoms with E-state index in [9.17, 15) is 9.90 Å². The molecule has 5 heteroatoms. The summed E-state index contributed by atoms with van der Waals surface area (Å²) in [5.41, 5.74) is 0.389. The average molecular weight is 211 g/mol. The van der Waals surface area contributed by atoms with Crippen LogP contribution in [0.5, 0.6) is 5.75 Å². The summed E-state index contributed by atoms with van der Waals surface area (Å²) in [5, 5.41) is 9.62. The first-order valence-electron chi connectivity index (χ1n) is 4.42. The van der Waals surface area contributed by atoms with Crippen LogP contribution in [0, 0.1) is 0 Å². The molecule has 0 bridgehead atoms. The Hall–Kier alpha value is -1.62. The summed E-state index contributed by atoms with van der Waals surface area (Å²) in [7, 11) is 2.79. The Labute approximate surface area is 87.7 Å². The first-order valence-corrected chi connectivity index (χ1v) is 4.42. The number of pyridine rings is 1. The molecule has 0 aliphatic carbocycles. The molecule has 0 radical (unpaired) electrons. The first-order chi connectivity index (χ1) is 7.17. The summed E-state index contributed by atoms with van der Waals surface area (Å²) in [5.74, 6) is 0.107. The third kappa shape index (κ3) is 3.21. The lowest BCUT2D eigenvalue weighted by Gasteiger charge is -2.09. The Morgan fingerprint density at radius 3 is 2.93 bits per heavy atom. The SMILES string of the molecule is COC(=O)C[C@H](O)c1cc(OC)ccn1. The van der Waals surface area contributed by atoms with Gasteiger partial charge in [-0.05, 0) is 6.07 Å². The molecule has 5 nitrogen and oxygen atoms in total. The van der Waals surface area contributed by atoms with E-state index < -0.39 is 12.1 Å². The van der Waals surface area contributed by atoms with Crippen molar-refractivity contribution in [1.82, 2.24) is 4.98 Å². The van der Waals surface area contributed by atoms with Crippen LogP contribution in [0.25, 0.3) is 0 Å². The lowest BCUT2D eigenvalue weighted by Crippen LogP contribution is -2.09. The zero-order valence-corrected chi connectivity index (χ0v) is 8.64. The minimum absolute atomic E-state index is 0.114. The number of carbonyl (C=O) groups excluding carboxylic acids is 1. The number of methoxy groups -OCH3 is 2. The number of carbonyl (C=O) groups is 1. The second kappa shape index (κ2) is 5.31. The second-order valence-corrected chi connectivity index (χ2v) is 2.92. The molecule has 0 aliphatic rings. The van der Waals surface area contributed by atoms with E-state index in [-0.39, 0.29) is 6.42 Å². The lowest BCUT2D eigenvalue weighted by molar-refractivity contribution is -0.142. The third-order valence-corrected chi connectivity index (χ3v) is 1.92. The fourth-order valence-corrected chi connectivity index (χ4v) is 1.08. The standard InChI is InChI=1S/C10H13NO4/c1-14-7-3-4-11-8(5-7)9(12)6-10(13)15-2/h3-5,9,12H,6H2,1-2H3/t9-/m0/s1. The quantitative estimate of drug-likeness (QED) is 0.742. The number of hydrogen-bond donors (Lipinski definition) is 1. The molecule has 0 fully saturated rings. The van der Waals surface area contributed by atoms with Gasteiger partial charge in [-0.25, -0.2) is 0 Å². The predicted molar refractivity (Wildman–Crippen MR) is 52.4 cm³/mol. The average Bonchev–Trinajstić information content (AvgIpc) is 2.28. The summed E-state index contributed by atoms with van der Waals surface area (Å²) < 4.78 is 9.41. The Bertz CT molecular complexity index is 340. The highest BCUT2D eigenvalue weighted by atomic mass is 16.5. The van der Waals surface area contributed by atoms with Gasteiger partial charge in [-0.3, -0.25) is 9.78 Å². The molecule has 1 heterocycles. The topological polar surface area (TPSA) is 68.7 Å². The van der Waals surface area contributed by atoms with E-state index >= 15 is 0 Å². The van der Waals surface area contributed by atoms with Gasteiger partial charge < -0.3 is 14.6 Å². The Morgan fingerprint density at radius 1 is 1.60 bits per heavy atom. The van der Waals surface area contributed by atoms with Crippen molar-refractivity contribution in [3.8, 4) is 5.75 Å². The number of rotatable bonds is 4. The maximum Gasteiger partial charge on any atom is 0.308 e. The monoisotopic (exact) mass is 211 g/mol. The number of ether oxygens (including phenoxy) is 2. The van der Waals surface area contributed by atoms with Gasteiger partial charge in [0.2, 0.25) is 0 Å². The number of aliphatic hydroxyl groups is 1. The van der Waals surface area contributed by atoms with Gasteiger partial charge in [0.05, 0.1) is 26.3 Å². The molecule has 0 saturated carbocycles. The summed E-state index contributed by atoms with van der Waals surface area (Å²) in [4.78, 5) is 14.8. The summed E-state index contributed by atoms with van der Waals surface area (Å²) >= 11 is 0. The predicted octanol–water partition coefficient (Wildman–Crippen LogP) is 0.687. The van der Waals surface area contributed by atoms with Gasteiger partial charge in [0.25, 0.3) is 0 Å². The van der Waals surface area contributed by atoms with Crippen molar-refractivity contribution in [3.63, 3.8) is 0 Å². The minimum Gasteiger partial charge on any atom is -0.497 e. The Balaban J connectivity index is 2.72. The highest BCUT2D eigenvalue weighted by Gasteiger charge is 2.14. The van der Waals surface area contributed by atoms with Crippen LogP contribution in [-0.2, 0) is 9.53 Å². The molecule has 82 valence electrons. The van der Waals surface area contributed by atoms with Gasteiger partial charge in [-0.1, -0.05) is 0 Å². The molecular formula is C10H13NO4. The second-order valence-electron chi connectivity index (χ2n) is 2.92. The molecule has 0 aliphatic heterocycles. The molecular weight excluding hydrogens is 198 g/mol. The number of aromatic nitrogens is 1. The van der Waals surface area contributed by atoms with Crippen molar-refractivity contribution >= 4 is 5.97 Å². The summed E-state index contributed by atoms with van der Waals surface area (Å²) in [6.07, 6.45) is 0.429. The number of nitrogens with zero attached hydrogens (tertiary/aromatic N) is 1. The number of esters is 1. The van der Waals surface area contributed by atoms with Crippen molar-refractivity contribution in [2.24, 2.45) is 0 Å². The number of hydrogen-bond acceptors (Lipinski definition) is 5. The molecule has 0 spiro atoms. The molecule has 0 amide bonds. The minimum atomic E-state index is -0.965. The zero-order chi connectivity index (χ0) is 11.3. The van der Waals surface area contributed by atoms with Gasteiger partial charge in [0.1, 0.15) is 11.9 Å². The lowest BCUT2D eigenvalue weighted by atomic mass is 10.1. The van der Waals surface area contributed by atoms with E-state index in [2.05, 4.69) is 9.72 Å². The van der Waals surface area contributed by atoms with Gasteiger partial charge in [0, 0.05) is 12.3 Å². The van der Waals surface area contributed by atoms with Crippen LogP contribution in [0.15, 0.2) is 18.3 Å². The van der Waals surface area contributed by atoms with Gasteiger partial charge in [-0.2, -0.15) is 0 Å². The van der Waals surface area contributed by atoms with Gasteiger partial charge in [0.15, 0.2) is 0 Å². The van der Waals surface area contributed by atoms with E-state index in [0.717, 1.165) is 0 Å². The van der Waals surface area contributed by atoms with Crippen LogP contribution in [0.2, 0.25) is 0 Å². The van der Waals surface area contributed by atoms with Gasteiger partial charge >= 0.3 is 5.97 Å².